The van der Waals surface area contributed by atoms with E-state index in [1.807, 2.05) is 12.1 Å². The van der Waals surface area contributed by atoms with Crippen molar-refractivity contribution in [3.05, 3.63) is 102 Å². The number of amides is 1. The Kier molecular flexibility index (Phi) is 13.0. The third-order valence-electron chi connectivity index (χ3n) is 8.83. The number of aliphatic hydroxyl groups excluding tert-OH is 1. The van der Waals surface area contributed by atoms with Crippen LogP contribution in [0.2, 0.25) is 5.04 Å². The highest BCUT2D eigenvalue weighted by atomic mass is 32.2. The van der Waals surface area contributed by atoms with Crippen LogP contribution in [0.3, 0.4) is 0 Å². The molecule has 1 heterocycles. The minimum atomic E-state index is -2.82. The molecule has 264 valence electrons. The second-order valence-electron chi connectivity index (χ2n) is 14.6. The summed E-state index contributed by atoms with van der Waals surface area (Å²) in [6, 6.07) is 29.3. The monoisotopic (exact) mass is 703 g/mol. The first-order valence-corrected chi connectivity index (χ1v) is 20.1. The minimum Gasteiger partial charge on any atom is -0.461 e. The van der Waals surface area contributed by atoms with Crippen molar-refractivity contribution in [2.24, 2.45) is 11.8 Å². The topological polar surface area (TPSA) is 85.3 Å². The van der Waals surface area contributed by atoms with Gasteiger partial charge in [0.05, 0.1) is 6.61 Å². The van der Waals surface area contributed by atoms with Gasteiger partial charge in [-0.2, -0.15) is 0 Å². The molecule has 0 aliphatic carbocycles. The highest BCUT2D eigenvalue weighted by molar-refractivity contribution is 7.99. The third kappa shape index (κ3) is 9.45. The largest absolute Gasteiger partial charge is 0.461 e. The molecule has 4 rings (SSSR count). The fourth-order valence-electron chi connectivity index (χ4n) is 6.57. The Bertz CT molecular complexity index is 1510. The second-order valence-corrected chi connectivity index (χ2v) is 20.1. The molecule has 1 aliphatic heterocycles. The minimum absolute atomic E-state index is 0.00138. The van der Waals surface area contributed by atoms with E-state index in [9.17, 15) is 14.7 Å². The number of aliphatic hydroxyl groups is 1. The summed E-state index contributed by atoms with van der Waals surface area (Å²) in [5.41, 5.74) is 0.368. The number of esters is 1. The van der Waals surface area contributed by atoms with Crippen LogP contribution >= 0.6 is 11.8 Å². The van der Waals surface area contributed by atoms with Crippen molar-refractivity contribution < 1.29 is 28.6 Å². The summed E-state index contributed by atoms with van der Waals surface area (Å²) in [4.78, 5) is 29.1. The lowest BCUT2D eigenvalue weighted by atomic mass is 9.82. The van der Waals surface area contributed by atoms with E-state index in [2.05, 4.69) is 100 Å². The predicted octanol–water partition coefficient (Wildman–Crippen LogP) is 7.69. The number of benzene rings is 3. The molecule has 9 heteroatoms. The van der Waals surface area contributed by atoms with Gasteiger partial charge in [-0.05, 0) is 92.8 Å². The van der Waals surface area contributed by atoms with Gasteiger partial charge in [0, 0.05) is 17.4 Å². The van der Waals surface area contributed by atoms with Gasteiger partial charge >= 0.3 is 12.1 Å². The highest BCUT2D eigenvalue weighted by Gasteiger charge is 2.50. The Balaban J connectivity index is 1.71. The number of hydrogen-bond donors (Lipinski definition) is 1. The quantitative estimate of drug-likeness (QED) is 0.118. The molecule has 1 unspecified atom stereocenters. The summed E-state index contributed by atoms with van der Waals surface area (Å²) in [6.07, 6.45) is 0.847. The molecule has 0 radical (unpaired) electrons. The summed E-state index contributed by atoms with van der Waals surface area (Å²) in [5, 5.41) is 14.1. The van der Waals surface area contributed by atoms with Gasteiger partial charge in [0.15, 0.2) is 0 Å². The smallest absolute Gasteiger partial charge is 0.417 e. The fraction of sp³-hybridized carbons (Fsp3) is 0.450. The molecule has 0 bridgehead atoms. The predicted molar refractivity (Wildman–Crippen MR) is 200 cm³/mol. The van der Waals surface area contributed by atoms with E-state index in [0.717, 1.165) is 9.80 Å². The van der Waals surface area contributed by atoms with Crippen molar-refractivity contribution in [1.82, 2.24) is 4.90 Å². The molecule has 1 N–H and O–H groups in total. The van der Waals surface area contributed by atoms with Crippen molar-refractivity contribution in [1.29, 1.82) is 0 Å². The lowest BCUT2D eigenvalue weighted by Gasteiger charge is -2.44. The number of hydrogen-bond acceptors (Lipinski definition) is 7. The molecule has 1 aliphatic rings. The van der Waals surface area contributed by atoms with Gasteiger partial charge in [0.1, 0.15) is 17.5 Å². The number of carbonyl (C=O) groups is 2. The van der Waals surface area contributed by atoms with E-state index in [1.54, 1.807) is 45.5 Å². The van der Waals surface area contributed by atoms with Crippen LogP contribution in [0.25, 0.3) is 0 Å². The number of carbonyl (C=O) groups excluding carboxylic acids is 2. The van der Waals surface area contributed by atoms with Crippen molar-refractivity contribution in [2.45, 2.75) is 90.0 Å². The lowest BCUT2D eigenvalue weighted by Crippen LogP contribution is -2.66. The van der Waals surface area contributed by atoms with Crippen molar-refractivity contribution in [3.63, 3.8) is 0 Å². The van der Waals surface area contributed by atoms with Gasteiger partial charge in [0.25, 0.3) is 8.32 Å². The molecule has 0 aromatic heterocycles. The van der Waals surface area contributed by atoms with Crippen LogP contribution in [0.15, 0.2) is 102 Å². The molecule has 0 fully saturated rings. The second kappa shape index (κ2) is 16.6. The summed E-state index contributed by atoms with van der Waals surface area (Å²) < 4.78 is 18.3. The van der Waals surface area contributed by atoms with E-state index < -0.39 is 32.2 Å². The number of nitrogens with zero attached hydrogens (tertiary/aromatic N) is 1. The van der Waals surface area contributed by atoms with Gasteiger partial charge in [-0.15, -0.1) is 11.8 Å². The number of ether oxygens (including phenoxy) is 2. The Morgan fingerprint density at radius 3 is 1.94 bits per heavy atom. The van der Waals surface area contributed by atoms with Crippen LogP contribution < -0.4 is 10.4 Å². The first-order chi connectivity index (χ1) is 23.2. The Morgan fingerprint density at radius 1 is 0.857 bits per heavy atom. The van der Waals surface area contributed by atoms with E-state index in [4.69, 9.17) is 13.9 Å². The molecular weight excluding hydrogens is 651 g/mol. The summed E-state index contributed by atoms with van der Waals surface area (Å²) in [5.74, 6) is -0.615. The highest BCUT2D eigenvalue weighted by Crippen LogP contribution is 2.40. The van der Waals surface area contributed by atoms with Gasteiger partial charge in [0.2, 0.25) is 0 Å². The molecule has 1 amide bonds. The molecule has 3 aromatic rings. The van der Waals surface area contributed by atoms with E-state index in [-0.39, 0.29) is 29.2 Å². The molecule has 3 atom stereocenters. The summed E-state index contributed by atoms with van der Waals surface area (Å²) in [7, 11) is -2.82. The van der Waals surface area contributed by atoms with E-state index in [0.29, 0.717) is 25.2 Å². The molecular formula is C40H53NO6SSi. The summed E-state index contributed by atoms with van der Waals surface area (Å²) in [6.45, 7) is 16.3. The molecule has 0 spiro atoms. The normalized spacial score (nSPS) is 18.5. The number of allylic oxidation sites excluding steroid dienone is 1. The molecule has 3 aromatic carbocycles. The maximum absolute atomic E-state index is 13.6. The van der Waals surface area contributed by atoms with Crippen molar-refractivity contribution in [2.75, 3.05) is 19.0 Å². The zero-order valence-corrected chi connectivity index (χ0v) is 32.1. The fourth-order valence-corrected chi connectivity index (χ4v) is 12.1. The lowest BCUT2D eigenvalue weighted by molar-refractivity contribution is -0.144. The number of thioether (sulfide) groups is 1. The third-order valence-corrected chi connectivity index (χ3v) is 14.9. The van der Waals surface area contributed by atoms with E-state index in [1.165, 1.54) is 15.9 Å². The maximum Gasteiger partial charge on any atom is 0.417 e. The van der Waals surface area contributed by atoms with Crippen LogP contribution in [0, 0.1) is 18.8 Å². The zero-order valence-electron chi connectivity index (χ0n) is 30.3. The van der Waals surface area contributed by atoms with Crippen LogP contribution in [0.4, 0.5) is 4.79 Å². The Morgan fingerprint density at radius 2 is 1.43 bits per heavy atom. The Labute approximate surface area is 298 Å². The molecule has 7 nitrogen and oxygen atoms in total. The van der Waals surface area contributed by atoms with Crippen molar-refractivity contribution in [3.8, 4) is 0 Å². The Hall–Kier alpha value is -3.37. The first kappa shape index (κ1) is 38.4. The van der Waals surface area contributed by atoms with Crippen LogP contribution in [-0.4, -0.2) is 61.2 Å². The average Bonchev–Trinajstić information content (AvgIpc) is 3.04. The molecule has 0 saturated carbocycles. The van der Waals surface area contributed by atoms with Crippen molar-refractivity contribution >= 4 is 42.5 Å². The SMILES string of the molecule is CCOC(=O)C1=C[C@H](CCO[Si](c2ccccc2)(c2ccccc2)C(C)(C)C)[C@@H](CCSc2ccc(C)cc2)C(O)N1C(=O)OC(C)(C)C. The van der Waals surface area contributed by atoms with Gasteiger partial charge in [-0.3, -0.25) is 0 Å². The van der Waals surface area contributed by atoms with Gasteiger partial charge < -0.3 is 19.0 Å². The maximum atomic E-state index is 13.6. The zero-order chi connectivity index (χ0) is 35.8. The van der Waals surface area contributed by atoms with Crippen LogP contribution in [0.5, 0.6) is 0 Å². The molecule has 0 saturated heterocycles. The number of aryl methyl sites for hydroxylation is 1. The van der Waals surface area contributed by atoms with Gasteiger partial charge in [-0.25, -0.2) is 14.5 Å². The number of rotatable bonds is 12. The van der Waals surface area contributed by atoms with Gasteiger partial charge in [-0.1, -0.05) is 99.1 Å². The first-order valence-electron chi connectivity index (χ1n) is 17.2. The summed E-state index contributed by atoms with van der Waals surface area (Å²) >= 11 is 1.71. The molecule has 49 heavy (non-hydrogen) atoms. The van der Waals surface area contributed by atoms with Crippen LogP contribution in [-0.2, 0) is 18.7 Å². The average molecular weight is 704 g/mol. The standard InChI is InChI=1S/C40H53NO6SSi/c1-9-45-37(43)35-28-30(24-26-46-49(40(6,7)8,32-16-12-10-13-17-32)33-18-14-11-15-19-33)34(25-27-48-31-22-20-29(2)21-23-31)36(42)41(35)38(44)47-39(3,4)5/h10-23,28,30,34,36,42H,9,24-27H2,1-8H3/t30-,34+,36?/m0/s1. The van der Waals surface area contributed by atoms with Crippen LogP contribution in [0.1, 0.15) is 66.9 Å². The van der Waals surface area contributed by atoms with E-state index >= 15 is 0 Å².